The lowest BCUT2D eigenvalue weighted by molar-refractivity contribution is 0.103. The molecule has 2 heteroatoms. The van der Waals surface area contributed by atoms with Gasteiger partial charge in [0.1, 0.15) is 5.75 Å². The summed E-state index contributed by atoms with van der Waals surface area (Å²) in [4.78, 5) is 11.6. The van der Waals surface area contributed by atoms with E-state index in [4.69, 9.17) is 4.74 Å². The fourth-order valence-corrected chi connectivity index (χ4v) is 1.21. The summed E-state index contributed by atoms with van der Waals surface area (Å²) < 4.78 is 5.53. The average Bonchev–Trinajstić information content (AvgIpc) is 2.26. The maximum absolute atomic E-state index is 11.6. The van der Waals surface area contributed by atoms with E-state index in [1.165, 1.54) is 0 Å². The normalized spacial score (nSPS) is 10.2. The number of rotatable bonds is 5. The Bertz CT molecular complexity index is 374. The van der Waals surface area contributed by atoms with E-state index in [2.05, 4.69) is 20.4 Å². The maximum Gasteiger partial charge on any atom is 0.188 e. The molecule has 0 fully saturated rings. The van der Waals surface area contributed by atoms with Gasteiger partial charge in [0.2, 0.25) is 0 Å². The van der Waals surface area contributed by atoms with Gasteiger partial charge in [-0.2, -0.15) is 0 Å². The van der Waals surface area contributed by atoms with Crippen molar-refractivity contribution in [1.82, 2.24) is 0 Å². The SMILES string of the molecule is C=C(C)C(=O)c1ccc(OCC(C)C)cc1. The van der Waals surface area contributed by atoms with Crippen LogP contribution in [0.25, 0.3) is 0 Å². The number of benzene rings is 1. The highest BCUT2D eigenvalue weighted by Gasteiger charge is 2.06. The predicted octanol–water partition coefficient (Wildman–Crippen LogP) is 3.48. The minimum atomic E-state index is -0.0181. The van der Waals surface area contributed by atoms with E-state index >= 15 is 0 Å². The van der Waals surface area contributed by atoms with Crippen molar-refractivity contribution in [2.75, 3.05) is 6.61 Å². The van der Waals surface area contributed by atoms with Crippen LogP contribution < -0.4 is 4.74 Å². The van der Waals surface area contributed by atoms with Crippen molar-refractivity contribution in [1.29, 1.82) is 0 Å². The van der Waals surface area contributed by atoms with Crippen molar-refractivity contribution < 1.29 is 9.53 Å². The Kier molecular flexibility index (Phi) is 4.29. The van der Waals surface area contributed by atoms with Crippen LogP contribution in [0.1, 0.15) is 31.1 Å². The van der Waals surface area contributed by atoms with Gasteiger partial charge in [0.15, 0.2) is 5.78 Å². The number of carbonyl (C=O) groups is 1. The van der Waals surface area contributed by atoms with Crippen LogP contribution in [0.3, 0.4) is 0 Å². The molecule has 0 saturated carbocycles. The summed E-state index contributed by atoms with van der Waals surface area (Å²) >= 11 is 0. The molecule has 0 heterocycles. The summed E-state index contributed by atoms with van der Waals surface area (Å²) in [5, 5.41) is 0. The van der Waals surface area contributed by atoms with Gasteiger partial charge in [-0.1, -0.05) is 20.4 Å². The molecule has 0 amide bonds. The minimum absolute atomic E-state index is 0.0181. The van der Waals surface area contributed by atoms with E-state index < -0.39 is 0 Å². The summed E-state index contributed by atoms with van der Waals surface area (Å²) in [6.45, 7) is 10.2. The van der Waals surface area contributed by atoms with Gasteiger partial charge in [-0.3, -0.25) is 4.79 Å². The van der Waals surface area contributed by atoms with Gasteiger partial charge in [0.05, 0.1) is 6.61 Å². The van der Waals surface area contributed by atoms with Gasteiger partial charge < -0.3 is 4.74 Å². The fraction of sp³-hybridized carbons (Fsp3) is 0.357. The molecule has 0 unspecified atom stereocenters. The molecule has 0 radical (unpaired) electrons. The minimum Gasteiger partial charge on any atom is -0.493 e. The molecule has 0 aromatic heterocycles. The summed E-state index contributed by atoms with van der Waals surface area (Å²) in [5.74, 6) is 1.28. The number of ketones is 1. The molecule has 2 nitrogen and oxygen atoms in total. The zero-order valence-electron chi connectivity index (χ0n) is 10.1. The third-order valence-corrected chi connectivity index (χ3v) is 2.09. The van der Waals surface area contributed by atoms with E-state index in [-0.39, 0.29) is 5.78 Å². The molecule has 0 aliphatic rings. The Morgan fingerprint density at radius 2 is 1.88 bits per heavy atom. The van der Waals surface area contributed by atoms with E-state index in [1.54, 1.807) is 19.1 Å². The molecule has 0 spiro atoms. The van der Waals surface area contributed by atoms with Crippen molar-refractivity contribution >= 4 is 5.78 Å². The van der Waals surface area contributed by atoms with Gasteiger partial charge in [-0.15, -0.1) is 0 Å². The van der Waals surface area contributed by atoms with Crippen LogP contribution in [-0.2, 0) is 0 Å². The molecule has 0 aliphatic heterocycles. The van der Waals surface area contributed by atoms with Crippen LogP contribution in [0.5, 0.6) is 5.75 Å². The van der Waals surface area contributed by atoms with Crippen LogP contribution in [0.4, 0.5) is 0 Å². The lowest BCUT2D eigenvalue weighted by Gasteiger charge is -2.08. The van der Waals surface area contributed by atoms with Crippen LogP contribution in [0.15, 0.2) is 36.4 Å². The Morgan fingerprint density at radius 3 is 2.31 bits per heavy atom. The van der Waals surface area contributed by atoms with E-state index in [0.29, 0.717) is 23.7 Å². The van der Waals surface area contributed by atoms with Crippen LogP contribution in [0, 0.1) is 5.92 Å². The van der Waals surface area contributed by atoms with Crippen molar-refractivity contribution in [2.45, 2.75) is 20.8 Å². The highest BCUT2D eigenvalue weighted by atomic mass is 16.5. The second-order valence-corrected chi connectivity index (χ2v) is 4.34. The molecule has 16 heavy (non-hydrogen) atoms. The predicted molar refractivity (Wildman–Crippen MR) is 65.9 cm³/mol. The second-order valence-electron chi connectivity index (χ2n) is 4.34. The molecular weight excluding hydrogens is 200 g/mol. The van der Waals surface area contributed by atoms with Crippen LogP contribution in [-0.4, -0.2) is 12.4 Å². The smallest absolute Gasteiger partial charge is 0.188 e. The highest BCUT2D eigenvalue weighted by molar-refractivity contribution is 6.07. The van der Waals surface area contributed by atoms with Crippen LogP contribution >= 0.6 is 0 Å². The van der Waals surface area contributed by atoms with Gasteiger partial charge in [0, 0.05) is 5.56 Å². The highest BCUT2D eigenvalue weighted by Crippen LogP contribution is 2.15. The standard InChI is InChI=1S/C14H18O2/c1-10(2)9-16-13-7-5-12(6-8-13)14(15)11(3)4/h5-8,10H,3,9H2,1-2,4H3. The first-order valence-electron chi connectivity index (χ1n) is 5.43. The summed E-state index contributed by atoms with van der Waals surface area (Å²) in [7, 11) is 0. The van der Waals surface area contributed by atoms with Gasteiger partial charge in [-0.25, -0.2) is 0 Å². The summed E-state index contributed by atoms with van der Waals surface area (Å²) in [5.41, 5.74) is 1.21. The molecule has 0 bridgehead atoms. The number of ether oxygens (including phenoxy) is 1. The molecule has 0 atom stereocenters. The average molecular weight is 218 g/mol. The molecule has 1 aromatic carbocycles. The first-order valence-corrected chi connectivity index (χ1v) is 5.43. The van der Waals surface area contributed by atoms with Gasteiger partial charge >= 0.3 is 0 Å². The van der Waals surface area contributed by atoms with Gasteiger partial charge in [0.25, 0.3) is 0 Å². The Hall–Kier alpha value is -1.57. The number of Topliss-reactive ketones (excluding diaryl/α,β-unsaturated/α-hetero) is 1. The number of allylic oxidation sites excluding steroid dienone is 1. The molecule has 0 saturated heterocycles. The van der Waals surface area contributed by atoms with Crippen molar-refractivity contribution in [3.8, 4) is 5.75 Å². The number of carbonyl (C=O) groups excluding carboxylic acids is 1. The molecule has 1 rings (SSSR count). The summed E-state index contributed by atoms with van der Waals surface area (Å²) in [6, 6.07) is 7.18. The molecule has 0 N–H and O–H groups in total. The van der Waals surface area contributed by atoms with Crippen LogP contribution in [0.2, 0.25) is 0 Å². The first kappa shape index (κ1) is 12.5. The Balaban J connectivity index is 2.68. The topological polar surface area (TPSA) is 26.3 Å². The maximum atomic E-state index is 11.6. The fourth-order valence-electron chi connectivity index (χ4n) is 1.21. The van der Waals surface area contributed by atoms with Crippen molar-refractivity contribution in [3.63, 3.8) is 0 Å². The lowest BCUT2D eigenvalue weighted by atomic mass is 10.1. The third kappa shape index (κ3) is 3.54. The monoisotopic (exact) mass is 218 g/mol. The lowest BCUT2D eigenvalue weighted by Crippen LogP contribution is -2.05. The number of hydrogen-bond donors (Lipinski definition) is 0. The molecular formula is C14H18O2. The van der Waals surface area contributed by atoms with E-state index in [1.807, 2.05) is 12.1 Å². The zero-order chi connectivity index (χ0) is 12.1. The zero-order valence-corrected chi connectivity index (χ0v) is 10.1. The first-order chi connectivity index (χ1) is 7.50. The van der Waals surface area contributed by atoms with Crippen molar-refractivity contribution in [2.24, 2.45) is 5.92 Å². The molecule has 0 aliphatic carbocycles. The quantitative estimate of drug-likeness (QED) is 0.558. The third-order valence-electron chi connectivity index (χ3n) is 2.09. The Labute approximate surface area is 96.9 Å². The number of hydrogen-bond acceptors (Lipinski definition) is 2. The Morgan fingerprint density at radius 1 is 1.31 bits per heavy atom. The van der Waals surface area contributed by atoms with E-state index in [9.17, 15) is 4.79 Å². The second kappa shape index (κ2) is 5.50. The summed E-state index contributed by atoms with van der Waals surface area (Å²) in [6.07, 6.45) is 0. The van der Waals surface area contributed by atoms with E-state index in [0.717, 1.165) is 5.75 Å². The molecule has 1 aromatic rings. The largest absolute Gasteiger partial charge is 0.493 e. The molecule has 86 valence electrons. The van der Waals surface area contributed by atoms with Gasteiger partial charge in [-0.05, 0) is 42.7 Å². The van der Waals surface area contributed by atoms with Crippen molar-refractivity contribution in [3.05, 3.63) is 42.0 Å².